The van der Waals surface area contributed by atoms with Crippen molar-refractivity contribution in [3.63, 3.8) is 0 Å². The lowest BCUT2D eigenvalue weighted by atomic mass is 10.2. The van der Waals surface area contributed by atoms with E-state index in [1.807, 2.05) is 34.5 Å². The van der Waals surface area contributed by atoms with Gasteiger partial charge in [0.15, 0.2) is 0 Å². The average Bonchev–Trinajstić information content (AvgIpc) is 2.86. The number of rotatable bonds is 4. The topological polar surface area (TPSA) is 29.5 Å². The molecule has 0 N–H and O–H groups in total. The number of benzene rings is 1. The third kappa shape index (κ3) is 4.49. The van der Waals surface area contributed by atoms with Crippen LogP contribution in [0.15, 0.2) is 35.7 Å². The van der Waals surface area contributed by atoms with E-state index in [-0.39, 0.29) is 5.91 Å². The van der Waals surface area contributed by atoms with E-state index in [1.54, 1.807) is 6.07 Å². The molecule has 0 atom stereocenters. The van der Waals surface area contributed by atoms with Gasteiger partial charge in [-0.15, -0.1) is 11.3 Å². The minimum atomic E-state index is 0.158. The molecule has 2 heterocycles. The summed E-state index contributed by atoms with van der Waals surface area (Å²) in [6, 6.07) is 9.29. The standard InChI is InChI=1S/C18H20ClNO2S/c19-15-6-5-7-16(11-15)22-12-14-10-17(23-13-14)18(21)20-8-3-1-2-4-9-20/h5-7,10-11,13H,1-4,8-9,12H2. The van der Waals surface area contributed by atoms with E-state index < -0.39 is 0 Å². The average molecular weight is 350 g/mol. The highest BCUT2D eigenvalue weighted by molar-refractivity contribution is 7.12. The lowest BCUT2D eigenvalue weighted by Gasteiger charge is -2.19. The maximum atomic E-state index is 12.6. The number of ether oxygens (including phenoxy) is 1. The van der Waals surface area contributed by atoms with Crippen LogP contribution in [0.4, 0.5) is 0 Å². The van der Waals surface area contributed by atoms with Gasteiger partial charge in [-0.25, -0.2) is 0 Å². The monoisotopic (exact) mass is 349 g/mol. The zero-order valence-electron chi connectivity index (χ0n) is 13.0. The number of hydrogen-bond donors (Lipinski definition) is 0. The van der Waals surface area contributed by atoms with E-state index in [4.69, 9.17) is 16.3 Å². The highest BCUT2D eigenvalue weighted by Gasteiger charge is 2.18. The van der Waals surface area contributed by atoms with Crippen molar-refractivity contribution in [3.8, 4) is 5.75 Å². The van der Waals surface area contributed by atoms with E-state index in [2.05, 4.69) is 0 Å². The van der Waals surface area contributed by atoms with Crippen LogP contribution in [0.3, 0.4) is 0 Å². The van der Waals surface area contributed by atoms with Crippen LogP contribution >= 0.6 is 22.9 Å². The van der Waals surface area contributed by atoms with Gasteiger partial charge < -0.3 is 9.64 Å². The molecule has 1 aromatic carbocycles. The van der Waals surface area contributed by atoms with Crippen molar-refractivity contribution < 1.29 is 9.53 Å². The van der Waals surface area contributed by atoms with E-state index in [0.717, 1.165) is 42.1 Å². The highest BCUT2D eigenvalue weighted by atomic mass is 35.5. The third-order valence-electron chi connectivity index (χ3n) is 3.96. The van der Waals surface area contributed by atoms with Crippen molar-refractivity contribution in [3.05, 3.63) is 51.2 Å². The van der Waals surface area contributed by atoms with Gasteiger partial charge in [-0.3, -0.25) is 4.79 Å². The first kappa shape index (κ1) is 16.3. The van der Waals surface area contributed by atoms with Gasteiger partial charge in [-0.1, -0.05) is 30.5 Å². The summed E-state index contributed by atoms with van der Waals surface area (Å²) in [7, 11) is 0. The fourth-order valence-corrected chi connectivity index (χ4v) is 3.76. The van der Waals surface area contributed by atoms with Crippen LogP contribution in [-0.4, -0.2) is 23.9 Å². The summed E-state index contributed by atoms with van der Waals surface area (Å²) in [5, 5.41) is 2.65. The maximum absolute atomic E-state index is 12.6. The summed E-state index contributed by atoms with van der Waals surface area (Å²) in [6.07, 6.45) is 4.68. The molecular formula is C18H20ClNO2S. The molecule has 0 bridgehead atoms. The first-order chi connectivity index (χ1) is 11.2. The Morgan fingerprint density at radius 2 is 1.96 bits per heavy atom. The van der Waals surface area contributed by atoms with Crippen molar-refractivity contribution in [1.29, 1.82) is 0 Å². The molecule has 1 aliphatic rings. The van der Waals surface area contributed by atoms with Gasteiger partial charge in [0.05, 0.1) is 4.88 Å². The molecule has 1 aliphatic heterocycles. The molecule has 2 aromatic rings. The van der Waals surface area contributed by atoms with E-state index in [1.165, 1.54) is 24.2 Å². The van der Waals surface area contributed by atoms with Gasteiger partial charge in [0.1, 0.15) is 12.4 Å². The molecule has 0 saturated carbocycles. The number of likely N-dealkylation sites (tertiary alicyclic amines) is 1. The second kappa shape index (κ2) is 7.84. The Morgan fingerprint density at radius 1 is 1.17 bits per heavy atom. The van der Waals surface area contributed by atoms with Crippen LogP contribution in [0.25, 0.3) is 0 Å². The molecule has 0 spiro atoms. The van der Waals surface area contributed by atoms with Gasteiger partial charge in [0.2, 0.25) is 0 Å². The Bertz CT molecular complexity index is 663. The number of amides is 1. The molecule has 3 nitrogen and oxygen atoms in total. The summed E-state index contributed by atoms with van der Waals surface area (Å²) in [5.74, 6) is 0.898. The Kier molecular flexibility index (Phi) is 5.57. The van der Waals surface area contributed by atoms with Crippen molar-refractivity contribution in [2.75, 3.05) is 13.1 Å². The van der Waals surface area contributed by atoms with Crippen LogP contribution in [0.5, 0.6) is 5.75 Å². The lowest BCUT2D eigenvalue weighted by Crippen LogP contribution is -2.31. The van der Waals surface area contributed by atoms with Crippen LogP contribution in [0.2, 0.25) is 5.02 Å². The second-order valence-corrected chi connectivity index (χ2v) is 7.12. The third-order valence-corrected chi connectivity index (χ3v) is 5.16. The number of thiophene rings is 1. The first-order valence-electron chi connectivity index (χ1n) is 7.97. The molecule has 1 aromatic heterocycles. The number of carbonyl (C=O) groups excluding carboxylic acids is 1. The maximum Gasteiger partial charge on any atom is 0.263 e. The van der Waals surface area contributed by atoms with Gasteiger partial charge in [-0.05, 0) is 42.5 Å². The number of carbonyl (C=O) groups is 1. The van der Waals surface area contributed by atoms with Crippen LogP contribution < -0.4 is 4.74 Å². The summed E-state index contributed by atoms with van der Waals surface area (Å²) >= 11 is 7.44. The summed E-state index contributed by atoms with van der Waals surface area (Å²) in [6.45, 7) is 2.21. The predicted octanol–water partition coefficient (Wildman–Crippen LogP) is 5.00. The second-order valence-electron chi connectivity index (χ2n) is 5.77. The molecule has 23 heavy (non-hydrogen) atoms. The quantitative estimate of drug-likeness (QED) is 0.777. The van der Waals surface area contributed by atoms with Crippen molar-refractivity contribution in [2.45, 2.75) is 32.3 Å². The van der Waals surface area contributed by atoms with Gasteiger partial charge in [0, 0.05) is 23.7 Å². The number of hydrogen-bond acceptors (Lipinski definition) is 3. The van der Waals surface area contributed by atoms with Crippen LogP contribution in [0.1, 0.15) is 40.9 Å². The zero-order valence-corrected chi connectivity index (χ0v) is 14.5. The molecular weight excluding hydrogens is 330 g/mol. The summed E-state index contributed by atoms with van der Waals surface area (Å²) in [5.41, 5.74) is 1.02. The van der Waals surface area contributed by atoms with Crippen LogP contribution in [0, 0.1) is 0 Å². The Labute approximate surface area is 145 Å². The van der Waals surface area contributed by atoms with E-state index in [9.17, 15) is 4.79 Å². The minimum absolute atomic E-state index is 0.158. The SMILES string of the molecule is O=C(c1cc(COc2cccc(Cl)c2)cs1)N1CCCCCC1. The van der Waals surface area contributed by atoms with Gasteiger partial charge in [0.25, 0.3) is 5.91 Å². The minimum Gasteiger partial charge on any atom is -0.489 e. The fourth-order valence-electron chi connectivity index (χ4n) is 2.72. The Hall–Kier alpha value is -1.52. The van der Waals surface area contributed by atoms with Gasteiger partial charge >= 0.3 is 0 Å². The molecule has 1 fully saturated rings. The molecule has 1 amide bonds. The number of nitrogens with zero attached hydrogens (tertiary/aromatic N) is 1. The van der Waals surface area contributed by atoms with Crippen molar-refractivity contribution >= 4 is 28.8 Å². The molecule has 1 saturated heterocycles. The summed E-state index contributed by atoms with van der Waals surface area (Å²) < 4.78 is 5.73. The molecule has 3 rings (SSSR count). The zero-order chi connectivity index (χ0) is 16.1. The fraction of sp³-hybridized carbons (Fsp3) is 0.389. The Morgan fingerprint density at radius 3 is 2.70 bits per heavy atom. The smallest absolute Gasteiger partial charge is 0.263 e. The number of halogens is 1. The molecule has 5 heteroatoms. The first-order valence-corrected chi connectivity index (χ1v) is 9.23. The summed E-state index contributed by atoms with van der Waals surface area (Å²) in [4.78, 5) is 15.4. The van der Waals surface area contributed by atoms with Crippen molar-refractivity contribution in [2.24, 2.45) is 0 Å². The van der Waals surface area contributed by atoms with Gasteiger partial charge in [-0.2, -0.15) is 0 Å². The molecule has 0 radical (unpaired) electrons. The van der Waals surface area contributed by atoms with Crippen LogP contribution in [-0.2, 0) is 6.61 Å². The van der Waals surface area contributed by atoms with E-state index in [0.29, 0.717) is 11.6 Å². The molecule has 122 valence electrons. The normalized spacial score (nSPS) is 15.3. The Balaban J connectivity index is 1.60. The lowest BCUT2D eigenvalue weighted by molar-refractivity contribution is 0.0766. The van der Waals surface area contributed by atoms with Crippen molar-refractivity contribution in [1.82, 2.24) is 4.90 Å². The van der Waals surface area contributed by atoms with E-state index >= 15 is 0 Å². The predicted molar refractivity (Wildman–Crippen MR) is 94.5 cm³/mol. The molecule has 0 unspecified atom stereocenters. The highest BCUT2D eigenvalue weighted by Crippen LogP contribution is 2.22. The molecule has 0 aliphatic carbocycles. The largest absolute Gasteiger partial charge is 0.489 e.